The Labute approximate surface area is 233 Å². The predicted molar refractivity (Wildman–Crippen MR) is 147 cm³/mol. The second-order valence-corrected chi connectivity index (χ2v) is 10.2. The molecule has 4 aromatic rings. The summed E-state index contributed by atoms with van der Waals surface area (Å²) in [4.78, 5) is 51.7. The maximum atomic E-state index is 13.6. The molecule has 0 bridgehead atoms. The molecular formula is C31H23N3O7. The van der Waals surface area contributed by atoms with Gasteiger partial charge in [0.05, 0.1) is 29.3 Å². The molecule has 4 atom stereocenters. The van der Waals surface area contributed by atoms with Gasteiger partial charge < -0.3 is 9.52 Å². The number of hydrogen-bond acceptors (Lipinski definition) is 7. The number of terminal acetylenes is 1. The number of imide groups is 1. The van der Waals surface area contributed by atoms with E-state index in [-0.39, 0.29) is 24.4 Å². The Morgan fingerprint density at radius 2 is 1.78 bits per heavy atom. The minimum atomic E-state index is -1.83. The van der Waals surface area contributed by atoms with Crippen LogP contribution < -0.4 is 5.32 Å². The van der Waals surface area contributed by atoms with Crippen LogP contribution in [0.3, 0.4) is 0 Å². The first-order chi connectivity index (χ1) is 19.7. The maximum Gasteiger partial charge on any atom is 0.325 e. The van der Waals surface area contributed by atoms with Crippen molar-refractivity contribution in [2.45, 2.75) is 18.0 Å². The van der Waals surface area contributed by atoms with Crippen molar-refractivity contribution in [2.75, 3.05) is 6.54 Å². The largest absolute Gasteiger partial charge is 0.480 e. The van der Waals surface area contributed by atoms with Crippen LogP contribution in [0.1, 0.15) is 17.4 Å². The summed E-state index contributed by atoms with van der Waals surface area (Å²) in [5.41, 5.74) is -0.669. The van der Waals surface area contributed by atoms with Gasteiger partial charge in [-0.05, 0) is 40.6 Å². The first-order valence-electron chi connectivity index (χ1n) is 12.9. The smallest absolute Gasteiger partial charge is 0.325 e. The number of fused-ring (bicyclic) bond motifs is 2. The highest BCUT2D eigenvalue weighted by Crippen LogP contribution is 2.50. The number of benzene rings is 3. The molecule has 0 radical (unpaired) electrons. The molecule has 41 heavy (non-hydrogen) atoms. The van der Waals surface area contributed by atoms with Crippen molar-refractivity contribution < 1.29 is 28.8 Å². The van der Waals surface area contributed by atoms with Crippen molar-refractivity contribution in [1.82, 2.24) is 10.2 Å². The molecule has 3 heterocycles. The van der Waals surface area contributed by atoms with E-state index in [1.807, 2.05) is 42.5 Å². The van der Waals surface area contributed by atoms with E-state index in [2.05, 4.69) is 11.2 Å². The monoisotopic (exact) mass is 549 g/mol. The van der Waals surface area contributed by atoms with Gasteiger partial charge in [-0.3, -0.25) is 34.7 Å². The lowest BCUT2D eigenvalue weighted by atomic mass is 9.76. The topological polar surface area (TPSA) is 143 Å². The lowest BCUT2D eigenvalue weighted by molar-refractivity contribution is -0.384. The molecule has 2 amide bonds. The second kappa shape index (κ2) is 9.73. The molecule has 0 spiro atoms. The lowest BCUT2D eigenvalue weighted by Crippen LogP contribution is -2.57. The number of nitro groups is 1. The highest BCUT2D eigenvalue weighted by molar-refractivity contribution is 6.09. The van der Waals surface area contributed by atoms with E-state index in [4.69, 9.17) is 10.8 Å². The van der Waals surface area contributed by atoms with Crippen LogP contribution >= 0.6 is 0 Å². The molecule has 2 N–H and O–H groups in total. The van der Waals surface area contributed by atoms with Crippen LogP contribution in [0.2, 0.25) is 0 Å². The van der Waals surface area contributed by atoms with Gasteiger partial charge >= 0.3 is 5.97 Å². The van der Waals surface area contributed by atoms with Crippen LogP contribution in [-0.4, -0.2) is 44.8 Å². The van der Waals surface area contributed by atoms with Crippen LogP contribution in [0.4, 0.5) is 5.69 Å². The summed E-state index contributed by atoms with van der Waals surface area (Å²) in [5.74, 6) is -1.82. The van der Waals surface area contributed by atoms with E-state index in [0.717, 1.165) is 15.7 Å². The summed E-state index contributed by atoms with van der Waals surface area (Å²) in [6.07, 6.45) is 5.38. The predicted octanol–water partition coefficient (Wildman–Crippen LogP) is 3.95. The molecule has 6 rings (SSSR count). The average molecular weight is 550 g/mol. The molecule has 10 heteroatoms. The number of nitro benzene ring substituents is 1. The molecule has 1 aromatic heterocycles. The van der Waals surface area contributed by atoms with Crippen LogP contribution in [0.5, 0.6) is 0 Å². The fourth-order valence-electron chi connectivity index (χ4n) is 6.08. The number of hydrogen-bond donors (Lipinski definition) is 2. The third-order valence-corrected chi connectivity index (χ3v) is 7.97. The third-order valence-electron chi connectivity index (χ3n) is 7.97. The number of furan rings is 1. The third kappa shape index (κ3) is 4.15. The summed E-state index contributed by atoms with van der Waals surface area (Å²) in [7, 11) is 0. The van der Waals surface area contributed by atoms with E-state index in [1.54, 1.807) is 12.1 Å². The first kappa shape index (κ1) is 26.0. The van der Waals surface area contributed by atoms with E-state index < -0.39 is 46.1 Å². The minimum Gasteiger partial charge on any atom is -0.480 e. The molecule has 0 aliphatic carbocycles. The molecule has 2 aliphatic rings. The number of carboxylic acid groups (broad SMARTS) is 1. The molecule has 0 saturated carbocycles. The van der Waals surface area contributed by atoms with E-state index in [9.17, 15) is 29.6 Å². The number of non-ortho nitro benzene ring substituents is 1. The van der Waals surface area contributed by atoms with Gasteiger partial charge in [-0.25, -0.2) is 0 Å². The van der Waals surface area contributed by atoms with Crippen molar-refractivity contribution in [3.63, 3.8) is 0 Å². The maximum absolute atomic E-state index is 13.6. The summed E-state index contributed by atoms with van der Waals surface area (Å²) in [6, 6.07) is 21.3. The summed E-state index contributed by atoms with van der Waals surface area (Å²) in [5, 5.41) is 26.7. The molecule has 4 unspecified atom stereocenters. The number of rotatable bonds is 7. The molecular weight excluding hydrogens is 526 g/mol. The van der Waals surface area contributed by atoms with Crippen LogP contribution in [0.25, 0.3) is 22.1 Å². The summed E-state index contributed by atoms with van der Waals surface area (Å²) >= 11 is 0. The van der Waals surface area contributed by atoms with Gasteiger partial charge in [0.25, 0.3) is 5.69 Å². The van der Waals surface area contributed by atoms with Crippen molar-refractivity contribution in [3.8, 4) is 23.7 Å². The van der Waals surface area contributed by atoms with E-state index in [0.29, 0.717) is 16.9 Å². The van der Waals surface area contributed by atoms with Crippen LogP contribution in [0.15, 0.2) is 83.3 Å². The fraction of sp³-hybridized carbons (Fsp3) is 0.194. The number of carbonyl (C=O) groups is 3. The number of nitrogens with one attached hydrogen (secondary N) is 1. The van der Waals surface area contributed by atoms with Gasteiger partial charge in [-0.1, -0.05) is 48.4 Å². The highest BCUT2D eigenvalue weighted by atomic mass is 16.6. The lowest BCUT2D eigenvalue weighted by Gasteiger charge is -2.31. The van der Waals surface area contributed by atoms with Crippen molar-refractivity contribution in [3.05, 3.63) is 100 Å². The molecule has 3 aromatic carbocycles. The fourth-order valence-corrected chi connectivity index (χ4v) is 6.08. The minimum absolute atomic E-state index is 0.0658. The summed E-state index contributed by atoms with van der Waals surface area (Å²) in [6.45, 7) is -0.269. The van der Waals surface area contributed by atoms with Gasteiger partial charge in [0.15, 0.2) is 0 Å². The number of likely N-dealkylation sites (tertiary alicyclic amines) is 1. The average Bonchev–Trinajstić information content (AvgIpc) is 3.65. The molecule has 2 saturated heterocycles. The number of nitrogens with zero attached hydrogens (tertiary/aromatic N) is 2. The first-order valence-corrected chi connectivity index (χ1v) is 12.9. The standard InChI is InChI=1S/C31H23N3O7/c1-2-15-33-28(35)25-26(29(33)36)31(30(37)38,17-18-7-8-19-5-3-4-6-21(19)16-18)32-27(25)24-14-13-23(41-24)20-9-11-22(12-10-20)34(39)40/h1,3-14,16,25-27,32H,15,17H2,(H,37,38). The molecule has 10 nitrogen and oxygen atoms in total. The number of aliphatic carboxylic acids is 1. The Bertz CT molecular complexity index is 1770. The SMILES string of the molecule is C#CCN1C(=O)C2C(c3ccc(-c4ccc([N+](=O)[O-])cc4)o3)NC(Cc3ccc4ccccc4c3)(C(=O)O)C2C1=O. The van der Waals surface area contributed by atoms with Gasteiger partial charge in [0.1, 0.15) is 17.1 Å². The van der Waals surface area contributed by atoms with E-state index >= 15 is 0 Å². The van der Waals surface area contributed by atoms with E-state index in [1.165, 1.54) is 24.3 Å². The van der Waals surface area contributed by atoms with Crippen molar-refractivity contribution in [1.29, 1.82) is 0 Å². The quantitative estimate of drug-likeness (QED) is 0.153. The number of carbonyl (C=O) groups excluding carboxylic acids is 2. The Hall–Kier alpha value is -5.27. The zero-order valence-electron chi connectivity index (χ0n) is 21.5. The number of carboxylic acids is 1. The normalized spacial score (nSPS) is 23.5. The van der Waals surface area contributed by atoms with Gasteiger partial charge in [-0.2, -0.15) is 0 Å². The molecule has 2 fully saturated rings. The van der Waals surface area contributed by atoms with Crippen LogP contribution in [0, 0.1) is 34.3 Å². The zero-order valence-corrected chi connectivity index (χ0v) is 21.5. The Balaban J connectivity index is 1.42. The zero-order chi connectivity index (χ0) is 28.9. The number of amides is 2. The Kier molecular flexibility index (Phi) is 6.16. The van der Waals surface area contributed by atoms with Gasteiger partial charge in [0.2, 0.25) is 11.8 Å². The van der Waals surface area contributed by atoms with Crippen molar-refractivity contribution in [2.24, 2.45) is 11.8 Å². The van der Waals surface area contributed by atoms with Gasteiger partial charge in [-0.15, -0.1) is 6.42 Å². The Morgan fingerprint density at radius 3 is 2.46 bits per heavy atom. The highest BCUT2D eigenvalue weighted by Gasteiger charge is 2.68. The van der Waals surface area contributed by atoms with Crippen LogP contribution in [-0.2, 0) is 20.8 Å². The van der Waals surface area contributed by atoms with Crippen molar-refractivity contribution >= 4 is 34.2 Å². The Morgan fingerprint density at radius 1 is 1.05 bits per heavy atom. The molecule has 204 valence electrons. The summed E-state index contributed by atoms with van der Waals surface area (Å²) < 4.78 is 6.07. The molecule has 2 aliphatic heterocycles. The second-order valence-electron chi connectivity index (χ2n) is 10.2. The van der Waals surface area contributed by atoms with Gasteiger partial charge in [0, 0.05) is 24.1 Å².